The first-order valence-corrected chi connectivity index (χ1v) is 12.9. The van der Waals surface area contributed by atoms with Crippen molar-refractivity contribution in [3.8, 4) is 5.75 Å². The van der Waals surface area contributed by atoms with Crippen molar-refractivity contribution in [3.05, 3.63) is 65.5 Å². The standard InChI is InChI=1S/C28H33FN4O4/c1-36-26-9-5-3-7-22(26)25-18-24(21-6-2-4-8-23(21)29)30-33(25)27(34)19-32(28(35)20-10-11-20)13-12-31-14-16-37-17-15-31/h2-9,20,25H,10-19H2,1H3/t25-/m1/s1. The third-order valence-corrected chi connectivity index (χ3v) is 7.20. The number of morpholine rings is 1. The molecule has 0 bridgehead atoms. The summed E-state index contributed by atoms with van der Waals surface area (Å²) in [5, 5.41) is 6.03. The lowest BCUT2D eigenvalue weighted by molar-refractivity contribution is -0.142. The fourth-order valence-electron chi connectivity index (χ4n) is 4.96. The molecule has 1 saturated carbocycles. The molecule has 0 unspecified atom stereocenters. The van der Waals surface area contributed by atoms with Gasteiger partial charge in [0.25, 0.3) is 5.91 Å². The van der Waals surface area contributed by atoms with E-state index in [-0.39, 0.29) is 30.1 Å². The highest BCUT2D eigenvalue weighted by Crippen LogP contribution is 2.38. The van der Waals surface area contributed by atoms with Crippen LogP contribution in [0, 0.1) is 11.7 Å². The predicted octanol–water partition coefficient (Wildman–Crippen LogP) is 3.08. The zero-order valence-electron chi connectivity index (χ0n) is 21.1. The van der Waals surface area contributed by atoms with Crippen LogP contribution in [0.5, 0.6) is 5.75 Å². The highest BCUT2D eigenvalue weighted by molar-refractivity contribution is 6.03. The molecule has 1 aliphatic carbocycles. The number of methoxy groups -OCH3 is 1. The Morgan fingerprint density at radius 1 is 1.11 bits per heavy atom. The fourth-order valence-corrected chi connectivity index (χ4v) is 4.96. The minimum Gasteiger partial charge on any atom is -0.496 e. The van der Waals surface area contributed by atoms with Crippen molar-refractivity contribution in [2.45, 2.75) is 25.3 Å². The van der Waals surface area contributed by atoms with E-state index in [2.05, 4.69) is 10.0 Å². The second kappa shape index (κ2) is 11.4. The van der Waals surface area contributed by atoms with Crippen LogP contribution in [-0.4, -0.2) is 85.4 Å². The second-order valence-electron chi connectivity index (χ2n) is 9.71. The molecule has 1 saturated heterocycles. The summed E-state index contributed by atoms with van der Waals surface area (Å²) < 4.78 is 25.7. The van der Waals surface area contributed by atoms with Gasteiger partial charge in [-0.1, -0.05) is 36.4 Å². The number of amides is 2. The smallest absolute Gasteiger partial charge is 0.262 e. The van der Waals surface area contributed by atoms with E-state index >= 15 is 0 Å². The number of nitrogens with zero attached hydrogens (tertiary/aromatic N) is 4. The van der Waals surface area contributed by atoms with E-state index in [0.29, 0.717) is 49.7 Å². The Kier molecular flexibility index (Phi) is 7.81. The Balaban J connectivity index is 1.39. The first-order chi connectivity index (χ1) is 18.0. The van der Waals surface area contributed by atoms with Gasteiger partial charge in [-0.3, -0.25) is 14.5 Å². The maximum atomic E-state index is 14.7. The summed E-state index contributed by atoms with van der Waals surface area (Å²) in [5.74, 6) is -0.0244. The van der Waals surface area contributed by atoms with Gasteiger partial charge in [-0.2, -0.15) is 5.10 Å². The summed E-state index contributed by atoms with van der Waals surface area (Å²) in [6.45, 7) is 4.08. The molecule has 0 spiro atoms. The average molecular weight is 509 g/mol. The molecule has 2 aromatic rings. The van der Waals surface area contributed by atoms with Crippen LogP contribution in [0.4, 0.5) is 4.39 Å². The summed E-state index contributed by atoms with van der Waals surface area (Å²) >= 11 is 0. The molecule has 9 heteroatoms. The number of benzene rings is 2. The van der Waals surface area contributed by atoms with Crippen LogP contribution in [0.1, 0.15) is 36.4 Å². The quantitative estimate of drug-likeness (QED) is 0.521. The summed E-state index contributed by atoms with van der Waals surface area (Å²) in [7, 11) is 1.58. The number of hydrazone groups is 1. The Hall–Kier alpha value is -3.30. The van der Waals surface area contributed by atoms with Crippen molar-refractivity contribution >= 4 is 17.5 Å². The maximum absolute atomic E-state index is 14.7. The molecule has 1 atom stereocenters. The number of rotatable bonds is 9. The summed E-state index contributed by atoms with van der Waals surface area (Å²) in [6, 6.07) is 13.5. The van der Waals surface area contributed by atoms with Gasteiger partial charge in [0.1, 0.15) is 18.1 Å². The summed E-state index contributed by atoms with van der Waals surface area (Å²) in [4.78, 5) is 30.8. The highest BCUT2D eigenvalue weighted by atomic mass is 19.1. The van der Waals surface area contributed by atoms with E-state index in [9.17, 15) is 14.0 Å². The van der Waals surface area contributed by atoms with Crippen molar-refractivity contribution in [2.24, 2.45) is 11.0 Å². The molecular formula is C28H33FN4O4. The van der Waals surface area contributed by atoms with Crippen LogP contribution < -0.4 is 4.74 Å². The molecule has 8 nitrogen and oxygen atoms in total. The van der Waals surface area contributed by atoms with E-state index in [0.717, 1.165) is 31.5 Å². The minimum absolute atomic E-state index is 0.00133. The van der Waals surface area contributed by atoms with Gasteiger partial charge in [0.2, 0.25) is 5.91 Å². The number of carbonyl (C=O) groups excluding carboxylic acids is 2. The highest BCUT2D eigenvalue weighted by Gasteiger charge is 2.39. The Morgan fingerprint density at radius 3 is 2.57 bits per heavy atom. The van der Waals surface area contributed by atoms with Crippen molar-refractivity contribution in [1.29, 1.82) is 0 Å². The van der Waals surface area contributed by atoms with Crippen molar-refractivity contribution < 1.29 is 23.5 Å². The van der Waals surface area contributed by atoms with E-state index in [1.54, 1.807) is 30.2 Å². The van der Waals surface area contributed by atoms with Crippen LogP contribution in [-0.2, 0) is 14.3 Å². The summed E-state index contributed by atoms with van der Waals surface area (Å²) in [6.07, 6.45) is 2.08. The molecule has 0 aromatic heterocycles. The third kappa shape index (κ3) is 5.83. The number of halogens is 1. The van der Waals surface area contributed by atoms with Crippen LogP contribution in [0.15, 0.2) is 53.6 Å². The Morgan fingerprint density at radius 2 is 1.84 bits per heavy atom. The molecule has 5 rings (SSSR count). The molecular weight excluding hydrogens is 475 g/mol. The number of carbonyl (C=O) groups is 2. The topological polar surface area (TPSA) is 74.7 Å². The molecule has 0 radical (unpaired) electrons. The molecule has 3 aliphatic rings. The average Bonchev–Trinajstić information content (AvgIpc) is 3.69. The van der Waals surface area contributed by atoms with Gasteiger partial charge >= 0.3 is 0 Å². The monoisotopic (exact) mass is 508 g/mol. The van der Waals surface area contributed by atoms with Gasteiger partial charge < -0.3 is 14.4 Å². The molecule has 2 amide bonds. The molecule has 2 fully saturated rings. The lowest BCUT2D eigenvalue weighted by Crippen LogP contribution is -2.47. The third-order valence-electron chi connectivity index (χ3n) is 7.20. The number of hydrogen-bond acceptors (Lipinski definition) is 6. The van der Waals surface area contributed by atoms with Crippen molar-refractivity contribution in [3.63, 3.8) is 0 Å². The summed E-state index contributed by atoms with van der Waals surface area (Å²) in [5.41, 5.74) is 1.66. The lowest BCUT2D eigenvalue weighted by Gasteiger charge is -2.31. The number of ether oxygens (including phenoxy) is 2. The zero-order chi connectivity index (χ0) is 25.8. The van der Waals surface area contributed by atoms with E-state index in [4.69, 9.17) is 9.47 Å². The molecule has 196 valence electrons. The van der Waals surface area contributed by atoms with Gasteiger partial charge in [0.15, 0.2) is 0 Å². The number of para-hydroxylation sites is 1. The van der Waals surface area contributed by atoms with Crippen LogP contribution >= 0.6 is 0 Å². The normalized spacial score (nSPS) is 20.0. The molecule has 2 aliphatic heterocycles. The lowest BCUT2D eigenvalue weighted by atomic mass is 9.97. The maximum Gasteiger partial charge on any atom is 0.262 e. The van der Waals surface area contributed by atoms with Crippen LogP contribution in [0.25, 0.3) is 0 Å². The van der Waals surface area contributed by atoms with Crippen molar-refractivity contribution in [1.82, 2.24) is 14.8 Å². The van der Waals surface area contributed by atoms with E-state index in [1.807, 2.05) is 24.3 Å². The van der Waals surface area contributed by atoms with Gasteiger partial charge in [0, 0.05) is 49.6 Å². The van der Waals surface area contributed by atoms with Gasteiger partial charge in [-0.05, 0) is 25.0 Å². The minimum atomic E-state index is -0.463. The largest absolute Gasteiger partial charge is 0.496 e. The van der Waals surface area contributed by atoms with Crippen molar-refractivity contribution in [2.75, 3.05) is 53.0 Å². The molecule has 0 N–H and O–H groups in total. The van der Waals surface area contributed by atoms with Crippen LogP contribution in [0.3, 0.4) is 0 Å². The molecule has 2 heterocycles. The Bertz CT molecular complexity index is 1160. The predicted molar refractivity (Wildman–Crippen MR) is 137 cm³/mol. The fraction of sp³-hybridized carbons (Fsp3) is 0.464. The van der Waals surface area contributed by atoms with Gasteiger partial charge in [0.05, 0.1) is 32.1 Å². The second-order valence-corrected chi connectivity index (χ2v) is 9.71. The first kappa shape index (κ1) is 25.4. The van der Waals surface area contributed by atoms with Gasteiger partial charge in [-0.15, -0.1) is 0 Å². The molecule has 37 heavy (non-hydrogen) atoms. The van der Waals surface area contributed by atoms with E-state index in [1.165, 1.54) is 11.1 Å². The first-order valence-electron chi connectivity index (χ1n) is 12.9. The zero-order valence-corrected chi connectivity index (χ0v) is 21.1. The van der Waals surface area contributed by atoms with E-state index < -0.39 is 6.04 Å². The molecule has 2 aromatic carbocycles. The van der Waals surface area contributed by atoms with Gasteiger partial charge in [-0.25, -0.2) is 9.40 Å². The SMILES string of the molecule is COc1ccccc1[C@H]1CC(c2ccccc2F)=NN1C(=O)CN(CCN1CCOCC1)C(=O)C1CC1. The Labute approximate surface area is 216 Å². The number of hydrogen-bond donors (Lipinski definition) is 0. The van der Waals surface area contributed by atoms with Crippen LogP contribution in [0.2, 0.25) is 0 Å².